The number of phenols is 1. The molecule has 3 aromatic carbocycles. The van der Waals surface area contributed by atoms with E-state index in [2.05, 4.69) is 33.2 Å². The van der Waals surface area contributed by atoms with Gasteiger partial charge in [-0.05, 0) is 47.5 Å². The summed E-state index contributed by atoms with van der Waals surface area (Å²) in [6.07, 6.45) is 3.87. The zero-order valence-corrected chi connectivity index (χ0v) is 22.3. The summed E-state index contributed by atoms with van der Waals surface area (Å²) < 4.78 is 3.96. The molecule has 3 N–H and O–H groups in total. The number of phenolic OH excluding ortho intramolecular Hbond substituents is 1. The second-order valence-electron chi connectivity index (χ2n) is 9.63. The molecule has 0 aliphatic heterocycles. The highest BCUT2D eigenvalue weighted by molar-refractivity contribution is 5.98. The Bertz CT molecular complexity index is 1900. The summed E-state index contributed by atoms with van der Waals surface area (Å²) in [4.78, 5) is 29.3. The minimum absolute atomic E-state index is 0.121. The first-order valence-electron chi connectivity index (χ1n) is 13.2. The van der Waals surface area contributed by atoms with E-state index in [0.717, 1.165) is 44.8 Å². The molecule has 0 saturated carbocycles. The number of pyridine rings is 2. The largest absolute Gasteiger partial charge is 0.507 e. The Hall–Kier alpha value is -5.57. The molecule has 0 aliphatic carbocycles. The number of benzene rings is 3. The van der Waals surface area contributed by atoms with Crippen LogP contribution >= 0.6 is 0 Å². The number of nitrogens with zero attached hydrogens (tertiary/aromatic N) is 4. The van der Waals surface area contributed by atoms with E-state index in [4.69, 9.17) is 10.1 Å². The van der Waals surface area contributed by atoms with E-state index in [0.29, 0.717) is 6.54 Å². The first-order valence-corrected chi connectivity index (χ1v) is 13.2. The van der Waals surface area contributed by atoms with E-state index in [1.807, 2.05) is 72.5 Å². The van der Waals surface area contributed by atoms with Crippen LogP contribution in [-0.4, -0.2) is 38.2 Å². The fourth-order valence-electron chi connectivity index (χ4n) is 4.76. The highest BCUT2D eigenvalue weighted by atomic mass is 16.3. The number of carbonyl (C=O) groups excluding carboxylic acids is 2. The van der Waals surface area contributed by atoms with E-state index in [1.54, 1.807) is 12.1 Å². The number of rotatable bonds is 7. The van der Waals surface area contributed by atoms with Crippen LogP contribution < -0.4 is 15.0 Å². The minimum Gasteiger partial charge on any atom is -0.507 e. The van der Waals surface area contributed by atoms with Crippen LogP contribution in [-0.2, 0) is 11.3 Å². The van der Waals surface area contributed by atoms with Crippen LogP contribution in [0.3, 0.4) is 0 Å². The Morgan fingerprint density at radius 3 is 2.44 bits per heavy atom. The van der Waals surface area contributed by atoms with Crippen molar-refractivity contribution in [2.45, 2.75) is 13.5 Å². The molecule has 9 heteroatoms. The van der Waals surface area contributed by atoms with Crippen molar-refractivity contribution in [3.63, 3.8) is 0 Å². The molecule has 41 heavy (non-hydrogen) atoms. The Morgan fingerprint density at radius 1 is 0.902 bits per heavy atom. The zero-order chi connectivity index (χ0) is 28.3. The van der Waals surface area contributed by atoms with Crippen molar-refractivity contribution in [2.24, 2.45) is 0 Å². The normalized spacial score (nSPS) is 11.0. The van der Waals surface area contributed by atoms with Crippen molar-refractivity contribution in [2.75, 3.05) is 6.54 Å². The van der Waals surface area contributed by atoms with Crippen LogP contribution in [0.1, 0.15) is 21.7 Å². The highest BCUT2D eigenvalue weighted by Gasteiger charge is 2.22. The predicted octanol–water partition coefficient (Wildman–Crippen LogP) is 3.89. The van der Waals surface area contributed by atoms with Gasteiger partial charge < -0.3 is 15.7 Å². The summed E-state index contributed by atoms with van der Waals surface area (Å²) in [5, 5.41) is 20.9. The number of nitrogens with one attached hydrogen (secondary N) is 2. The van der Waals surface area contributed by atoms with E-state index < -0.39 is 5.91 Å². The minimum atomic E-state index is -0.513. The number of aromatic nitrogens is 4. The van der Waals surface area contributed by atoms with Crippen molar-refractivity contribution >= 4 is 28.4 Å². The Morgan fingerprint density at radius 2 is 1.66 bits per heavy atom. The molecule has 0 saturated heterocycles. The monoisotopic (exact) mass is 543 g/mol. The first-order chi connectivity index (χ1) is 20.0. The van der Waals surface area contributed by atoms with Gasteiger partial charge in [0.1, 0.15) is 11.4 Å². The molecular formula is C32H27N6O3+. The van der Waals surface area contributed by atoms with Gasteiger partial charge in [-0.2, -0.15) is 0 Å². The van der Waals surface area contributed by atoms with Gasteiger partial charge in [-0.3, -0.25) is 14.6 Å². The molecule has 202 valence electrons. The molecule has 0 unspecified atom stereocenters. The molecule has 2 amide bonds. The Kier molecular flexibility index (Phi) is 6.83. The quantitative estimate of drug-likeness (QED) is 0.265. The number of hydrogen-bond donors (Lipinski definition) is 3. The summed E-state index contributed by atoms with van der Waals surface area (Å²) in [6.45, 7) is 2.06. The average Bonchev–Trinajstić information content (AvgIpc) is 3.36. The number of aryl methyl sites for hydroxylation is 1. The first kappa shape index (κ1) is 25.7. The number of hydrogen-bond acceptors (Lipinski definition) is 5. The van der Waals surface area contributed by atoms with Crippen LogP contribution in [0, 0.1) is 6.92 Å². The topological polar surface area (TPSA) is 113 Å². The fourth-order valence-corrected chi connectivity index (χ4v) is 4.76. The van der Waals surface area contributed by atoms with Gasteiger partial charge in [0.2, 0.25) is 5.91 Å². The van der Waals surface area contributed by atoms with Gasteiger partial charge in [-0.25, -0.2) is 4.40 Å². The van der Waals surface area contributed by atoms with Gasteiger partial charge in [-0.15, -0.1) is 0 Å². The third kappa shape index (κ3) is 5.20. The standard InChI is InChI=1S/C32H26N6O3/c1-21-36-38(32-27-17-24(23-7-3-2-4-8-23)19-33-28(27)15-16-37(21)32)25-13-11-22(12-14-25)18-34-30(40)20-35-31(41)26-9-5-6-10-29(26)39/h2-17,19H,18,20H2,1H3,(H2-,34,35,39,40,41)/p+1. The predicted molar refractivity (Wildman–Crippen MR) is 154 cm³/mol. The lowest BCUT2D eigenvalue weighted by molar-refractivity contribution is -0.519. The maximum absolute atomic E-state index is 12.3. The third-order valence-corrected chi connectivity index (χ3v) is 6.90. The number of fused-ring (bicyclic) bond motifs is 3. The smallest absolute Gasteiger partial charge is 0.280 e. The molecule has 0 atom stereocenters. The lowest BCUT2D eigenvalue weighted by Gasteiger charge is -2.08. The van der Waals surface area contributed by atoms with Gasteiger partial charge in [-0.1, -0.05) is 59.3 Å². The van der Waals surface area contributed by atoms with Gasteiger partial charge in [0.25, 0.3) is 17.4 Å². The van der Waals surface area contributed by atoms with Crippen molar-refractivity contribution in [3.8, 4) is 22.6 Å². The lowest BCUT2D eigenvalue weighted by Crippen LogP contribution is -2.36. The van der Waals surface area contributed by atoms with Crippen molar-refractivity contribution in [1.82, 2.24) is 25.4 Å². The van der Waals surface area contributed by atoms with Crippen LogP contribution in [0.15, 0.2) is 103 Å². The molecule has 0 radical (unpaired) electrons. The Balaban J connectivity index is 1.19. The van der Waals surface area contributed by atoms with Gasteiger partial charge in [0, 0.05) is 30.3 Å². The maximum Gasteiger partial charge on any atom is 0.280 e. The summed E-state index contributed by atoms with van der Waals surface area (Å²) in [5.74, 6) is -0.142. The molecule has 3 aromatic heterocycles. The van der Waals surface area contributed by atoms with E-state index in [-0.39, 0.29) is 23.8 Å². The molecule has 3 heterocycles. The summed E-state index contributed by atoms with van der Waals surface area (Å²) >= 11 is 0. The average molecular weight is 544 g/mol. The number of para-hydroxylation sites is 1. The van der Waals surface area contributed by atoms with Gasteiger partial charge >= 0.3 is 0 Å². The van der Waals surface area contributed by atoms with E-state index >= 15 is 0 Å². The lowest BCUT2D eigenvalue weighted by atomic mass is 10.1. The SMILES string of the molecule is Cc1nn(-c2ccc(CNC(=O)CNC(=O)c3ccccc3O)cc2)c2c3cc(-c4ccccc4)cnc3cc[n+]12. The molecule has 0 spiro atoms. The summed E-state index contributed by atoms with van der Waals surface area (Å²) in [6, 6.07) is 28.3. The molecule has 0 aliphatic rings. The molecule has 0 bridgehead atoms. The molecule has 6 rings (SSSR count). The molecular weight excluding hydrogens is 516 g/mol. The summed E-state index contributed by atoms with van der Waals surface area (Å²) in [7, 11) is 0. The fraction of sp³-hybridized carbons (Fsp3) is 0.0938. The molecule has 9 nitrogen and oxygen atoms in total. The zero-order valence-electron chi connectivity index (χ0n) is 22.3. The molecule has 0 fully saturated rings. The van der Waals surface area contributed by atoms with Crippen molar-refractivity contribution < 1.29 is 19.1 Å². The second kappa shape index (κ2) is 10.9. The van der Waals surface area contributed by atoms with Crippen LogP contribution in [0.2, 0.25) is 0 Å². The van der Waals surface area contributed by atoms with E-state index in [9.17, 15) is 14.7 Å². The van der Waals surface area contributed by atoms with Crippen molar-refractivity contribution in [1.29, 1.82) is 0 Å². The number of aromatic hydroxyl groups is 1. The second-order valence-corrected chi connectivity index (χ2v) is 9.63. The van der Waals surface area contributed by atoms with Crippen LogP contribution in [0.4, 0.5) is 0 Å². The van der Waals surface area contributed by atoms with Crippen LogP contribution in [0.25, 0.3) is 33.4 Å². The Labute approximate surface area is 235 Å². The maximum atomic E-state index is 12.3. The van der Waals surface area contributed by atoms with Gasteiger partial charge in [0.05, 0.1) is 29.2 Å². The molecule has 6 aromatic rings. The van der Waals surface area contributed by atoms with Gasteiger partial charge in [0.15, 0.2) is 0 Å². The summed E-state index contributed by atoms with van der Waals surface area (Å²) in [5.41, 5.74) is 5.79. The van der Waals surface area contributed by atoms with Crippen LogP contribution in [0.5, 0.6) is 5.75 Å². The number of amides is 2. The third-order valence-electron chi connectivity index (χ3n) is 6.90. The number of carbonyl (C=O) groups is 2. The highest BCUT2D eigenvalue weighted by Crippen LogP contribution is 2.25. The van der Waals surface area contributed by atoms with Crippen molar-refractivity contribution in [3.05, 3.63) is 120 Å². The van der Waals surface area contributed by atoms with E-state index in [1.165, 1.54) is 12.1 Å².